The van der Waals surface area contributed by atoms with Crippen LogP contribution in [-0.4, -0.2) is 58.6 Å². The Balaban J connectivity index is 1.14. The number of urea groups is 1. The second-order valence-corrected chi connectivity index (χ2v) is 11.7. The Morgan fingerprint density at radius 2 is 2.00 bits per heavy atom. The summed E-state index contributed by atoms with van der Waals surface area (Å²) in [5, 5.41) is 4.18. The lowest BCUT2D eigenvalue weighted by Gasteiger charge is -2.49. The highest BCUT2D eigenvalue weighted by Gasteiger charge is 2.48. The van der Waals surface area contributed by atoms with E-state index in [1.807, 2.05) is 18.3 Å². The number of rotatable bonds is 4. The number of nitrogens with zero attached hydrogens (tertiary/aromatic N) is 3. The molecule has 3 saturated heterocycles. The van der Waals surface area contributed by atoms with Crippen LogP contribution in [0.5, 0.6) is 0 Å². The van der Waals surface area contributed by atoms with Crippen molar-refractivity contribution in [2.45, 2.75) is 69.7 Å². The Morgan fingerprint density at radius 3 is 2.83 bits per heavy atom. The summed E-state index contributed by atoms with van der Waals surface area (Å²) in [6.45, 7) is 7.12. The number of nitrogens with one attached hydrogen (secondary N) is 3. The van der Waals surface area contributed by atoms with Crippen molar-refractivity contribution in [3.63, 3.8) is 0 Å². The van der Waals surface area contributed by atoms with Crippen LogP contribution < -0.4 is 16.2 Å². The minimum Gasteiger partial charge on any atom is -0.335 e. The summed E-state index contributed by atoms with van der Waals surface area (Å²) in [6, 6.07) is 14.0. The molecule has 2 aromatic rings. The van der Waals surface area contributed by atoms with Crippen molar-refractivity contribution in [3.8, 4) is 0 Å². The molecule has 0 radical (unpaired) electrons. The molecular formula is C28H37ClN6O. The van der Waals surface area contributed by atoms with Crippen LogP contribution in [0.1, 0.15) is 61.5 Å². The molecule has 1 aliphatic carbocycles. The first-order valence-corrected chi connectivity index (χ1v) is 13.8. The molecule has 0 spiro atoms. The van der Waals surface area contributed by atoms with E-state index in [0.717, 1.165) is 56.0 Å². The number of pyridine rings is 1. The molecule has 2 amide bonds. The Morgan fingerprint density at radius 1 is 1.11 bits per heavy atom. The van der Waals surface area contributed by atoms with E-state index in [2.05, 4.69) is 69.1 Å². The third kappa shape index (κ3) is 4.62. The lowest BCUT2D eigenvalue weighted by molar-refractivity contribution is 0.0448. The summed E-state index contributed by atoms with van der Waals surface area (Å²) in [5.41, 5.74) is 10.7. The first-order chi connectivity index (χ1) is 17.5. The first kappa shape index (κ1) is 24.2. The molecule has 3 aliphatic heterocycles. The Hall–Kier alpha value is -2.19. The van der Waals surface area contributed by atoms with E-state index in [-0.39, 0.29) is 30.2 Å². The fourth-order valence-corrected chi connectivity index (χ4v) is 7.28. The van der Waals surface area contributed by atoms with Crippen LogP contribution in [0.25, 0.3) is 0 Å². The van der Waals surface area contributed by atoms with E-state index in [1.54, 1.807) is 0 Å². The highest BCUT2D eigenvalue weighted by molar-refractivity contribution is 6.30. The summed E-state index contributed by atoms with van der Waals surface area (Å²) < 4.78 is 0. The van der Waals surface area contributed by atoms with Gasteiger partial charge in [-0.05, 0) is 93.3 Å². The van der Waals surface area contributed by atoms with Crippen molar-refractivity contribution in [1.29, 1.82) is 0 Å². The molecule has 1 aromatic heterocycles. The number of hydrogen-bond acceptors (Lipinski definition) is 5. The van der Waals surface area contributed by atoms with Gasteiger partial charge < -0.3 is 10.2 Å². The van der Waals surface area contributed by atoms with Crippen LogP contribution in [0.2, 0.25) is 5.02 Å². The standard InChI is InChI=1S/C28H37ClN6O/c1-17-11-20(8-9-30-17)27-24-13-21-15-35(28(36)31-25(21)14-26(24)32-33-27)23-7-4-10-34(16-23)18(2)19-5-3-6-22(29)12-19/h3,5-6,8-9,11-12,18,21,23-27,32-33H,4,7,10,13-16H2,1-2H3,(H,31,36)/t18?,21?,23-,24?,25?,26?,27?/m1/s1. The molecule has 36 heavy (non-hydrogen) atoms. The largest absolute Gasteiger partial charge is 0.335 e. The van der Waals surface area contributed by atoms with Crippen molar-refractivity contribution in [3.05, 3.63) is 64.4 Å². The van der Waals surface area contributed by atoms with Crippen LogP contribution in [-0.2, 0) is 0 Å². The van der Waals surface area contributed by atoms with Gasteiger partial charge in [0.2, 0.25) is 0 Å². The summed E-state index contributed by atoms with van der Waals surface area (Å²) in [4.78, 5) is 22.3. The van der Waals surface area contributed by atoms with Crippen LogP contribution in [0.15, 0.2) is 42.6 Å². The highest BCUT2D eigenvalue weighted by Crippen LogP contribution is 2.42. The molecule has 0 bridgehead atoms. The number of amides is 2. The number of fused-ring (bicyclic) bond motifs is 2. The minimum atomic E-state index is 0.115. The number of aryl methyl sites for hydroxylation is 1. The third-order valence-corrected chi connectivity index (χ3v) is 9.28. The van der Waals surface area contributed by atoms with Crippen LogP contribution >= 0.6 is 11.6 Å². The molecule has 4 fully saturated rings. The number of hydrazine groups is 1. The maximum absolute atomic E-state index is 13.3. The van der Waals surface area contributed by atoms with E-state index in [1.165, 1.54) is 11.1 Å². The lowest BCUT2D eigenvalue weighted by Crippen LogP contribution is -2.64. The van der Waals surface area contributed by atoms with Gasteiger partial charge in [-0.3, -0.25) is 15.3 Å². The van der Waals surface area contributed by atoms with Crippen LogP contribution in [0.4, 0.5) is 4.79 Å². The van der Waals surface area contributed by atoms with Gasteiger partial charge in [-0.25, -0.2) is 10.2 Å². The topological polar surface area (TPSA) is 72.5 Å². The normalized spacial score (nSPS) is 33.5. The van der Waals surface area contributed by atoms with Gasteiger partial charge in [0.25, 0.3) is 0 Å². The molecule has 6 rings (SSSR count). The van der Waals surface area contributed by atoms with Gasteiger partial charge in [0.15, 0.2) is 0 Å². The third-order valence-electron chi connectivity index (χ3n) is 9.05. The molecule has 4 aliphatic rings. The number of halogens is 1. The molecule has 4 heterocycles. The monoisotopic (exact) mass is 508 g/mol. The number of likely N-dealkylation sites (tertiary alicyclic amines) is 1. The Labute approximate surface area is 218 Å². The van der Waals surface area contributed by atoms with Crippen LogP contribution in [0.3, 0.4) is 0 Å². The average Bonchev–Trinajstić information content (AvgIpc) is 3.29. The SMILES string of the molecule is Cc1cc(C2NNC3CC4NC(=O)N([C@@H]5CCCN(C(C)c6cccc(Cl)c6)C5)CC4CC32)ccn1. The van der Waals surface area contributed by atoms with Gasteiger partial charge in [0.05, 0.1) is 6.04 Å². The van der Waals surface area contributed by atoms with Crippen molar-refractivity contribution in [1.82, 2.24) is 31.0 Å². The quantitative estimate of drug-likeness (QED) is 0.577. The zero-order valence-electron chi connectivity index (χ0n) is 21.2. The zero-order chi connectivity index (χ0) is 24.8. The predicted molar refractivity (Wildman–Crippen MR) is 141 cm³/mol. The van der Waals surface area contributed by atoms with Crippen molar-refractivity contribution >= 4 is 17.6 Å². The second-order valence-electron chi connectivity index (χ2n) is 11.2. The van der Waals surface area contributed by atoms with Gasteiger partial charge in [-0.15, -0.1) is 0 Å². The molecule has 192 valence electrons. The number of carbonyl (C=O) groups excluding carboxylic acids is 1. The summed E-state index contributed by atoms with van der Waals surface area (Å²) in [5.74, 6) is 0.979. The minimum absolute atomic E-state index is 0.115. The fourth-order valence-electron chi connectivity index (χ4n) is 7.09. The smallest absolute Gasteiger partial charge is 0.317 e. The molecule has 3 N–H and O–H groups in total. The van der Waals surface area contributed by atoms with Gasteiger partial charge in [0.1, 0.15) is 0 Å². The van der Waals surface area contributed by atoms with E-state index < -0.39 is 0 Å². The van der Waals surface area contributed by atoms with E-state index in [4.69, 9.17) is 11.6 Å². The fraction of sp³-hybridized carbons (Fsp3) is 0.571. The van der Waals surface area contributed by atoms with E-state index >= 15 is 0 Å². The Bertz CT molecular complexity index is 1110. The van der Waals surface area contributed by atoms with Crippen LogP contribution in [0, 0.1) is 18.8 Å². The average molecular weight is 509 g/mol. The lowest BCUT2D eigenvalue weighted by atomic mass is 9.71. The zero-order valence-corrected chi connectivity index (χ0v) is 21.9. The van der Waals surface area contributed by atoms with Crippen molar-refractivity contribution in [2.75, 3.05) is 19.6 Å². The Kier molecular flexibility index (Phi) is 6.67. The molecule has 6 unspecified atom stereocenters. The van der Waals surface area contributed by atoms with Gasteiger partial charge in [-0.1, -0.05) is 23.7 Å². The number of benzene rings is 1. The number of piperidine rings is 1. The molecular weight excluding hydrogens is 472 g/mol. The van der Waals surface area contributed by atoms with Gasteiger partial charge >= 0.3 is 6.03 Å². The summed E-state index contributed by atoms with van der Waals surface area (Å²) in [7, 11) is 0. The second kappa shape index (κ2) is 9.93. The first-order valence-electron chi connectivity index (χ1n) is 13.5. The molecule has 7 atom stereocenters. The van der Waals surface area contributed by atoms with E-state index in [0.29, 0.717) is 17.9 Å². The van der Waals surface area contributed by atoms with Gasteiger partial charge in [0, 0.05) is 54.2 Å². The number of aromatic nitrogens is 1. The van der Waals surface area contributed by atoms with Gasteiger partial charge in [-0.2, -0.15) is 0 Å². The maximum atomic E-state index is 13.3. The van der Waals surface area contributed by atoms with E-state index in [9.17, 15) is 4.79 Å². The summed E-state index contributed by atoms with van der Waals surface area (Å²) >= 11 is 6.27. The number of carbonyl (C=O) groups is 1. The predicted octanol–water partition coefficient (Wildman–Crippen LogP) is 4.21. The maximum Gasteiger partial charge on any atom is 0.317 e. The molecule has 1 aromatic carbocycles. The molecule has 1 saturated carbocycles. The highest BCUT2D eigenvalue weighted by atomic mass is 35.5. The molecule has 8 heteroatoms. The summed E-state index contributed by atoms with van der Waals surface area (Å²) in [6.07, 6.45) is 6.17. The van der Waals surface area contributed by atoms with Crippen molar-refractivity contribution in [2.24, 2.45) is 11.8 Å². The van der Waals surface area contributed by atoms with Crippen molar-refractivity contribution < 1.29 is 4.79 Å². The molecule has 7 nitrogen and oxygen atoms in total. The number of hydrogen-bond donors (Lipinski definition) is 3.